The minimum Gasteiger partial charge on any atom is -0.491 e. The maximum atomic E-state index is 12.0. The summed E-state index contributed by atoms with van der Waals surface area (Å²) in [4.78, 5) is 0.111. The lowest BCUT2D eigenvalue weighted by atomic mass is 10.2. The number of benzene rings is 1. The SMILES string of the molecule is COCCOc1ccc(S(=O)(=O)NCC(N)C(C)O)cc1. The van der Waals surface area contributed by atoms with Gasteiger partial charge in [0.2, 0.25) is 10.0 Å². The molecule has 21 heavy (non-hydrogen) atoms. The highest BCUT2D eigenvalue weighted by Gasteiger charge is 2.17. The molecule has 0 saturated heterocycles. The molecule has 2 unspecified atom stereocenters. The van der Waals surface area contributed by atoms with Crippen molar-refractivity contribution < 1.29 is 23.0 Å². The van der Waals surface area contributed by atoms with Gasteiger partial charge in [0.25, 0.3) is 0 Å². The van der Waals surface area contributed by atoms with Crippen molar-refractivity contribution in [1.82, 2.24) is 4.72 Å². The number of hydrogen-bond acceptors (Lipinski definition) is 6. The fourth-order valence-electron chi connectivity index (χ4n) is 1.42. The van der Waals surface area contributed by atoms with Gasteiger partial charge < -0.3 is 20.3 Å². The van der Waals surface area contributed by atoms with Gasteiger partial charge in [-0.05, 0) is 31.2 Å². The first-order valence-corrected chi connectivity index (χ1v) is 8.00. The van der Waals surface area contributed by atoms with Gasteiger partial charge >= 0.3 is 0 Å². The lowest BCUT2D eigenvalue weighted by Crippen LogP contribution is -2.43. The first-order valence-electron chi connectivity index (χ1n) is 6.52. The number of ether oxygens (including phenoxy) is 2. The van der Waals surface area contributed by atoms with Crippen molar-refractivity contribution in [2.45, 2.75) is 24.0 Å². The maximum absolute atomic E-state index is 12.0. The van der Waals surface area contributed by atoms with Crippen LogP contribution in [0.15, 0.2) is 29.2 Å². The first-order chi connectivity index (χ1) is 9.86. The Morgan fingerprint density at radius 1 is 1.29 bits per heavy atom. The molecule has 0 saturated carbocycles. The van der Waals surface area contributed by atoms with Crippen LogP contribution in [0.3, 0.4) is 0 Å². The number of aliphatic hydroxyl groups excluding tert-OH is 1. The van der Waals surface area contributed by atoms with E-state index < -0.39 is 22.2 Å². The summed E-state index contributed by atoms with van der Waals surface area (Å²) in [5.74, 6) is 0.562. The number of hydrogen-bond donors (Lipinski definition) is 3. The second-order valence-corrected chi connectivity index (χ2v) is 6.34. The van der Waals surface area contributed by atoms with Gasteiger partial charge in [-0.2, -0.15) is 0 Å². The molecule has 0 aliphatic rings. The topological polar surface area (TPSA) is 111 Å². The van der Waals surface area contributed by atoms with Gasteiger partial charge in [0.05, 0.1) is 17.6 Å². The highest BCUT2D eigenvalue weighted by molar-refractivity contribution is 7.89. The molecule has 0 aliphatic heterocycles. The van der Waals surface area contributed by atoms with Crippen LogP contribution in [0, 0.1) is 0 Å². The first kappa shape index (κ1) is 17.9. The third-order valence-electron chi connectivity index (χ3n) is 2.82. The molecule has 0 aromatic heterocycles. The summed E-state index contributed by atoms with van der Waals surface area (Å²) in [6, 6.07) is 5.37. The van der Waals surface area contributed by atoms with Crippen LogP contribution in [-0.4, -0.2) is 52.5 Å². The lowest BCUT2D eigenvalue weighted by Gasteiger charge is -2.15. The standard InChI is InChI=1S/C13H22N2O5S/c1-10(16)13(14)9-15-21(17,18)12-5-3-11(4-6-12)20-8-7-19-2/h3-6,10,13,15-16H,7-9,14H2,1-2H3. The number of nitrogens with one attached hydrogen (secondary N) is 1. The zero-order chi connectivity index (χ0) is 15.9. The van der Waals surface area contributed by atoms with E-state index in [0.717, 1.165) is 0 Å². The van der Waals surface area contributed by atoms with Crippen molar-refractivity contribution in [3.63, 3.8) is 0 Å². The van der Waals surface area contributed by atoms with E-state index in [1.807, 2.05) is 0 Å². The molecule has 4 N–H and O–H groups in total. The van der Waals surface area contributed by atoms with Crippen LogP contribution in [-0.2, 0) is 14.8 Å². The lowest BCUT2D eigenvalue weighted by molar-refractivity contribution is 0.146. The smallest absolute Gasteiger partial charge is 0.240 e. The van der Waals surface area contributed by atoms with Crippen LogP contribution in [0.5, 0.6) is 5.75 Å². The Kier molecular flexibility index (Phi) is 7.06. The van der Waals surface area contributed by atoms with E-state index in [1.165, 1.54) is 19.1 Å². The zero-order valence-electron chi connectivity index (χ0n) is 12.2. The van der Waals surface area contributed by atoms with Gasteiger partial charge in [-0.1, -0.05) is 0 Å². The quantitative estimate of drug-likeness (QED) is 0.539. The van der Waals surface area contributed by atoms with Crippen LogP contribution in [0.1, 0.15) is 6.92 Å². The van der Waals surface area contributed by atoms with E-state index in [-0.39, 0.29) is 11.4 Å². The van der Waals surface area contributed by atoms with Crippen molar-refractivity contribution in [3.05, 3.63) is 24.3 Å². The minimum absolute atomic E-state index is 0.0356. The molecule has 0 radical (unpaired) electrons. The van der Waals surface area contributed by atoms with Gasteiger partial charge in [-0.15, -0.1) is 0 Å². The molecule has 0 aliphatic carbocycles. The summed E-state index contributed by atoms with van der Waals surface area (Å²) < 4.78 is 36.6. The Hall–Kier alpha value is -1.19. The Labute approximate surface area is 125 Å². The Morgan fingerprint density at radius 3 is 2.43 bits per heavy atom. The van der Waals surface area contributed by atoms with Gasteiger partial charge in [0.1, 0.15) is 12.4 Å². The summed E-state index contributed by atoms with van der Waals surface area (Å²) in [5.41, 5.74) is 5.59. The molecule has 1 aromatic carbocycles. The molecule has 7 nitrogen and oxygen atoms in total. The highest BCUT2D eigenvalue weighted by Crippen LogP contribution is 2.15. The van der Waals surface area contributed by atoms with E-state index in [0.29, 0.717) is 19.0 Å². The van der Waals surface area contributed by atoms with Crippen molar-refractivity contribution in [2.75, 3.05) is 26.9 Å². The fourth-order valence-corrected chi connectivity index (χ4v) is 2.49. The largest absolute Gasteiger partial charge is 0.491 e. The predicted molar refractivity (Wildman–Crippen MR) is 78.7 cm³/mol. The van der Waals surface area contributed by atoms with Gasteiger partial charge in [0.15, 0.2) is 0 Å². The van der Waals surface area contributed by atoms with E-state index >= 15 is 0 Å². The second-order valence-electron chi connectivity index (χ2n) is 4.57. The van der Waals surface area contributed by atoms with Crippen molar-refractivity contribution >= 4 is 10.0 Å². The molecule has 0 amide bonds. The van der Waals surface area contributed by atoms with E-state index in [1.54, 1.807) is 19.2 Å². The molecule has 0 heterocycles. The Bertz CT molecular complexity index is 516. The predicted octanol–water partition coefficient (Wildman–Crippen LogP) is -0.302. The van der Waals surface area contributed by atoms with Gasteiger partial charge in [0, 0.05) is 19.7 Å². The molecular weight excluding hydrogens is 296 g/mol. The number of aliphatic hydroxyl groups is 1. The van der Waals surface area contributed by atoms with Crippen molar-refractivity contribution in [3.8, 4) is 5.75 Å². The van der Waals surface area contributed by atoms with E-state index in [9.17, 15) is 13.5 Å². The zero-order valence-corrected chi connectivity index (χ0v) is 13.0. The monoisotopic (exact) mass is 318 g/mol. The average molecular weight is 318 g/mol. The molecular formula is C13H22N2O5S. The van der Waals surface area contributed by atoms with Crippen molar-refractivity contribution in [1.29, 1.82) is 0 Å². The third kappa shape index (κ3) is 5.98. The molecule has 0 spiro atoms. The van der Waals surface area contributed by atoms with E-state index in [2.05, 4.69) is 4.72 Å². The van der Waals surface area contributed by atoms with Crippen LogP contribution in [0.25, 0.3) is 0 Å². The van der Waals surface area contributed by atoms with Crippen LogP contribution >= 0.6 is 0 Å². The molecule has 1 rings (SSSR count). The Morgan fingerprint density at radius 2 is 1.90 bits per heavy atom. The molecule has 8 heteroatoms. The van der Waals surface area contributed by atoms with Gasteiger partial charge in [-0.25, -0.2) is 13.1 Å². The second kappa shape index (κ2) is 8.30. The van der Waals surface area contributed by atoms with Crippen molar-refractivity contribution in [2.24, 2.45) is 5.73 Å². The molecule has 1 aromatic rings. The number of nitrogens with two attached hydrogens (primary N) is 1. The minimum atomic E-state index is -3.65. The maximum Gasteiger partial charge on any atom is 0.240 e. The molecule has 120 valence electrons. The Balaban J connectivity index is 2.62. The number of rotatable bonds is 9. The van der Waals surface area contributed by atoms with Crippen LogP contribution in [0.2, 0.25) is 0 Å². The van der Waals surface area contributed by atoms with E-state index in [4.69, 9.17) is 15.2 Å². The summed E-state index contributed by atoms with van der Waals surface area (Å²) in [6.45, 7) is 2.32. The molecule has 0 fully saturated rings. The summed E-state index contributed by atoms with van der Waals surface area (Å²) in [6.07, 6.45) is -0.788. The molecule has 2 atom stereocenters. The van der Waals surface area contributed by atoms with Crippen LogP contribution in [0.4, 0.5) is 0 Å². The molecule has 0 bridgehead atoms. The summed E-state index contributed by atoms with van der Waals surface area (Å²) in [5, 5.41) is 9.24. The normalized spacial score (nSPS) is 14.7. The number of methoxy groups -OCH3 is 1. The highest BCUT2D eigenvalue weighted by atomic mass is 32.2. The third-order valence-corrected chi connectivity index (χ3v) is 4.26. The van der Waals surface area contributed by atoms with Gasteiger partial charge in [-0.3, -0.25) is 0 Å². The summed E-state index contributed by atoms with van der Waals surface area (Å²) >= 11 is 0. The number of sulfonamides is 1. The van der Waals surface area contributed by atoms with Crippen LogP contribution < -0.4 is 15.2 Å². The fraction of sp³-hybridized carbons (Fsp3) is 0.538. The average Bonchev–Trinajstić information content (AvgIpc) is 2.45. The summed E-state index contributed by atoms with van der Waals surface area (Å²) in [7, 11) is -2.08.